The third-order valence-corrected chi connectivity index (χ3v) is 5.41. The van der Waals surface area contributed by atoms with Gasteiger partial charge in [-0.2, -0.15) is 0 Å². The molecule has 2 aliphatic heterocycles. The standard InChI is InChI=1S/C19H23NO4/c1-12-4-5-13(2)16-15(12)14(3)17(24-16)18(21)20-7-9-23-11-19(20)6-8-22-10-19/h4-5H,6-11H2,1-3H3. The lowest BCUT2D eigenvalue weighted by Crippen LogP contribution is -2.59. The number of hydrogen-bond acceptors (Lipinski definition) is 4. The molecule has 5 nitrogen and oxygen atoms in total. The molecule has 1 aromatic carbocycles. The monoisotopic (exact) mass is 329 g/mol. The number of fused-ring (bicyclic) bond motifs is 1. The Labute approximate surface area is 141 Å². The molecule has 2 fully saturated rings. The Bertz CT molecular complexity index is 801. The largest absolute Gasteiger partial charge is 0.450 e. The number of ether oxygens (including phenoxy) is 2. The van der Waals surface area contributed by atoms with Crippen LogP contribution < -0.4 is 0 Å². The third-order valence-electron chi connectivity index (χ3n) is 5.41. The molecule has 4 rings (SSSR count). The van der Waals surface area contributed by atoms with Crippen LogP contribution in [0, 0.1) is 20.8 Å². The molecule has 1 amide bonds. The second-order valence-corrected chi connectivity index (χ2v) is 7.00. The number of hydrogen-bond donors (Lipinski definition) is 0. The minimum Gasteiger partial charge on any atom is -0.450 e. The Hall–Kier alpha value is -1.85. The van der Waals surface area contributed by atoms with Crippen molar-refractivity contribution in [2.24, 2.45) is 0 Å². The van der Waals surface area contributed by atoms with Crippen molar-refractivity contribution in [3.63, 3.8) is 0 Å². The summed E-state index contributed by atoms with van der Waals surface area (Å²) in [5.74, 6) is 0.409. The zero-order valence-electron chi connectivity index (χ0n) is 14.5. The average molecular weight is 329 g/mol. The van der Waals surface area contributed by atoms with E-state index >= 15 is 0 Å². The number of benzene rings is 1. The number of nitrogens with zero attached hydrogens (tertiary/aromatic N) is 1. The number of furan rings is 1. The second-order valence-electron chi connectivity index (χ2n) is 7.00. The van der Waals surface area contributed by atoms with Crippen LogP contribution >= 0.6 is 0 Å². The molecule has 5 heteroatoms. The number of carbonyl (C=O) groups is 1. The van der Waals surface area contributed by atoms with Crippen LogP contribution in [0.3, 0.4) is 0 Å². The van der Waals surface area contributed by atoms with E-state index in [0.29, 0.717) is 38.7 Å². The molecule has 24 heavy (non-hydrogen) atoms. The molecule has 0 N–H and O–H groups in total. The first kappa shape index (κ1) is 15.7. The van der Waals surface area contributed by atoms with Gasteiger partial charge in [-0.05, 0) is 38.3 Å². The molecule has 0 radical (unpaired) electrons. The number of rotatable bonds is 1. The van der Waals surface area contributed by atoms with Gasteiger partial charge in [0, 0.05) is 24.1 Å². The van der Waals surface area contributed by atoms with Crippen LogP contribution in [-0.4, -0.2) is 49.3 Å². The van der Waals surface area contributed by atoms with Gasteiger partial charge in [-0.1, -0.05) is 12.1 Å². The smallest absolute Gasteiger partial charge is 0.290 e. The van der Waals surface area contributed by atoms with Gasteiger partial charge in [0.05, 0.1) is 25.4 Å². The summed E-state index contributed by atoms with van der Waals surface area (Å²) in [5.41, 5.74) is 3.60. The van der Waals surface area contributed by atoms with E-state index in [1.165, 1.54) is 0 Å². The van der Waals surface area contributed by atoms with Crippen LogP contribution in [0.4, 0.5) is 0 Å². The minimum atomic E-state index is -0.342. The Kier molecular flexibility index (Phi) is 3.66. The van der Waals surface area contributed by atoms with E-state index in [0.717, 1.165) is 34.1 Å². The maximum atomic E-state index is 13.3. The van der Waals surface area contributed by atoms with Crippen molar-refractivity contribution in [2.45, 2.75) is 32.7 Å². The lowest BCUT2D eigenvalue weighted by Gasteiger charge is -2.43. The van der Waals surface area contributed by atoms with E-state index in [9.17, 15) is 4.79 Å². The molecule has 2 aliphatic rings. The number of aryl methyl sites for hydroxylation is 3. The average Bonchev–Trinajstić information content (AvgIpc) is 3.17. The maximum Gasteiger partial charge on any atom is 0.290 e. The molecule has 1 atom stereocenters. The number of amides is 1. The minimum absolute atomic E-state index is 0.0451. The van der Waals surface area contributed by atoms with Crippen LogP contribution in [-0.2, 0) is 9.47 Å². The topological polar surface area (TPSA) is 51.9 Å². The van der Waals surface area contributed by atoms with Crippen molar-refractivity contribution in [3.05, 3.63) is 34.6 Å². The van der Waals surface area contributed by atoms with Crippen LogP contribution in [0.25, 0.3) is 11.0 Å². The molecular weight excluding hydrogens is 306 g/mol. The molecule has 0 aliphatic carbocycles. The Morgan fingerprint density at radius 3 is 2.50 bits per heavy atom. The van der Waals surface area contributed by atoms with Gasteiger partial charge in [0.15, 0.2) is 5.76 Å². The highest BCUT2D eigenvalue weighted by Gasteiger charge is 2.46. The predicted molar refractivity (Wildman–Crippen MR) is 90.4 cm³/mol. The van der Waals surface area contributed by atoms with Crippen LogP contribution in [0.1, 0.15) is 33.7 Å². The number of morpholine rings is 1. The molecule has 0 bridgehead atoms. The fraction of sp³-hybridized carbons (Fsp3) is 0.526. The zero-order valence-corrected chi connectivity index (χ0v) is 14.5. The van der Waals surface area contributed by atoms with Gasteiger partial charge >= 0.3 is 0 Å². The van der Waals surface area contributed by atoms with Gasteiger partial charge in [0.1, 0.15) is 5.58 Å². The van der Waals surface area contributed by atoms with Crippen molar-refractivity contribution in [1.29, 1.82) is 0 Å². The highest BCUT2D eigenvalue weighted by atomic mass is 16.5. The summed E-state index contributed by atoms with van der Waals surface area (Å²) in [5, 5.41) is 1.06. The molecule has 128 valence electrons. The van der Waals surface area contributed by atoms with Crippen molar-refractivity contribution >= 4 is 16.9 Å². The van der Waals surface area contributed by atoms with Crippen molar-refractivity contribution in [3.8, 4) is 0 Å². The highest BCUT2D eigenvalue weighted by molar-refractivity contribution is 6.01. The summed E-state index contributed by atoms with van der Waals surface area (Å²) in [6, 6.07) is 4.12. The van der Waals surface area contributed by atoms with Crippen molar-refractivity contribution in [1.82, 2.24) is 4.90 Å². The lowest BCUT2D eigenvalue weighted by atomic mass is 9.95. The summed E-state index contributed by atoms with van der Waals surface area (Å²) in [7, 11) is 0. The van der Waals surface area contributed by atoms with E-state index in [1.54, 1.807) is 0 Å². The highest BCUT2D eigenvalue weighted by Crippen LogP contribution is 2.35. The fourth-order valence-electron chi connectivity index (χ4n) is 3.97. The van der Waals surface area contributed by atoms with E-state index in [-0.39, 0.29) is 11.4 Å². The Morgan fingerprint density at radius 1 is 1.08 bits per heavy atom. The van der Waals surface area contributed by atoms with Crippen molar-refractivity contribution in [2.75, 3.05) is 33.0 Å². The number of carbonyl (C=O) groups excluding carboxylic acids is 1. The van der Waals surface area contributed by atoms with Gasteiger partial charge in [-0.3, -0.25) is 4.79 Å². The summed E-state index contributed by atoms with van der Waals surface area (Å²) < 4.78 is 17.3. The van der Waals surface area contributed by atoms with E-state index in [2.05, 4.69) is 13.0 Å². The first-order valence-electron chi connectivity index (χ1n) is 8.50. The first-order valence-corrected chi connectivity index (χ1v) is 8.50. The normalized spacial score (nSPS) is 24.2. The van der Waals surface area contributed by atoms with E-state index < -0.39 is 0 Å². The quantitative estimate of drug-likeness (QED) is 0.807. The molecule has 2 saturated heterocycles. The summed E-state index contributed by atoms with van der Waals surface area (Å²) >= 11 is 0. The molecule has 1 spiro atoms. The van der Waals surface area contributed by atoms with Gasteiger partial charge in [0.2, 0.25) is 0 Å². The van der Waals surface area contributed by atoms with Crippen molar-refractivity contribution < 1.29 is 18.7 Å². The molecule has 1 unspecified atom stereocenters. The SMILES string of the molecule is Cc1ccc(C)c2c(C)c(C(=O)N3CCOCC34CCOC4)oc12. The zero-order chi connectivity index (χ0) is 16.9. The molecule has 3 heterocycles. The Morgan fingerprint density at radius 2 is 1.79 bits per heavy atom. The van der Waals surface area contributed by atoms with Crippen LogP contribution in [0.5, 0.6) is 0 Å². The molecule has 2 aromatic rings. The van der Waals surface area contributed by atoms with Gasteiger partial charge < -0.3 is 18.8 Å². The Balaban J connectivity index is 1.79. The summed E-state index contributed by atoms with van der Waals surface area (Å²) in [4.78, 5) is 15.2. The van der Waals surface area contributed by atoms with Crippen LogP contribution in [0.15, 0.2) is 16.5 Å². The maximum absolute atomic E-state index is 13.3. The van der Waals surface area contributed by atoms with Crippen LogP contribution in [0.2, 0.25) is 0 Å². The molecule has 0 saturated carbocycles. The summed E-state index contributed by atoms with van der Waals surface area (Å²) in [6.07, 6.45) is 0.816. The first-order chi connectivity index (χ1) is 11.5. The predicted octanol–water partition coefficient (Wildman–Crippen LogP) is 2.99. The molecular formula is C19H23NO4. The van der Waals surface area contributed by atoms with E-state index in [4.69, 9.17) is 13.9 Å². The van der Waals surface area contributed by atoms with Gasteiger partial charge in [-0.25, -0.2) is 0 Å². The molecule has 1 aromatic heterocycles. The van der Waals surface area contributed by atoms with Gasteiger partial charge in [-0.15, -0.1) is 0 Å². The lowest BCUT2D eigenvalue weighted by molar-refractivity contribution is -0.0561. The second kappa shape index (κ2) is 5.60. The van der Waals surface area contributed by atoms with E-state index in [1.807, 2.05) is 24.8 Å². The summed E-state index contributed by atoms with van der Waals surface area (Å²) in [6.45, 7) is 8.93. The van der Waals surface area contributed by atoms with Gasteiger partial charge in [0.25, 0.3) is 5.91 Å². The fourth-order valence-corrected chi connectivity index (χ4v) is 3.97. The third kappa shape index (κ3) is 2.19.